The van der Waals surface area contributed by atoms with Gasteiger partial charge < -0.3 is 20.5 Å². The monoisotopic (exact) mass is 568 g/mol. The van der Waals surface area contributed by atoms with Gasteiger partial charge in [-0.05, 0) is 55.5 Å². The summed E-state index contributed by atoms with van der Waals surface area (Å²) in [5.41, 5.74) is 4.68. The predicted octanol–water partition coefficient (Wildman–Crippen LogP) is 4.66. The van der Waals surface area contributed by atoms with Crippen LogP contribution in [0.5, 0.6) is 11.5 Å². The molecule has 0 saturated heterocycles. The van der Waals surface area contributed by atoms with Gasteiger partial charge in [-0.3, -0.25) is 14.6 Å². The first-order valence-corrected chi connectivity index (χ1v) is 12.4. The molecule has 2 aromatic heterocycles. The van der Waals surface area contributed by atoms with Gasteiger partial charge in [0.2, 0.25) is 5.91 Å². The van der Waals surface area contributed by atoms with Crippen LogP contribution in [0.15, 0.2) is 60.8 Å². The van der Waals surface area contributed by atoms with Gasteiger partial charge in [0, 0.05) is 34.8 Å². The number of ether oxygens (including phenoxy) is 2. The second-order valence-corrected chi connectivity index (χ2v) is 9.82. The van der Waals surface area contributed by atoms with E-state index in [4.69, 9.17) is 15.2 Å². The maximum absolute atomic E-state index is 14.5. The molecule has 3 heterocycles. The number of methoxy groups -OCH3 is 1. The van der Waals surface area contributed by atoms with Gasteiger partial charge in [-0.15, -0.1) is 0 Å². The van der Waals surface area contributed by atoms with Gasteiger partial charge >= 0.3 is 6.18 Å². The third-order valence-electron chi connectivity index (χ3n) is 7.12. The quantitative estimate of drug-likeness (QED) is 0.314. The lowest BCUT2D eigenvalue weighted by Gasteiger charge is -2.24. The Balaban J connectivity index is 1.54. The normalized spacial score (nSPS) is 17.0. The molecule has 41 heavy (non-hydrogen) atoms. The SMILES string of the molecule is COc1cc(C(=O)NCC(c2cc3c(c(-c4ccc(F)cc4)n2)OC[C@]3(C)C(N)=O)C(F)(F)F)cc2cccnc12. The molecule has 5 rings (SSSR count). The van der Waals surface area contributed by atoms with Crippen molar-refractivity contribution in [2.45, 2.75) is 24.4 Å². The van der Waals surface area contributed by atoms with Crippen LogP contribution in [0.4, 0.5) is 17.6 Å². The minimum absolute atomic E-state index is 0.00480. The van der Waals surface area contributed by atoms with Crippen molar-refractivity contribution in [2.24, 2.45) is 5.73 Å². The lowest BCUT2D eigenvalue weighted by molar-refractivity contribution is -0.149. The number of nitrogens with zero attached hydrogens (tertiary/aromatic N) is 2. The molecular weight excluding hydrogens is 544 g/mol. The highest BCUT2D eigenvalue weighted by Gasteiger charge is 2.47. The van der Waals surface area contributed by atoms with E-state index >= 15 is 0 Å². The van der Waals surface area contributed by atoms with Crippen molar-refractivity contribution in [3.8, 4) is 22.8 Å². The average molecular weight is 569 g/mol. The van der Waals surface area contributed by atoms with Gasteiger partial charge in [-0.2, -0.15) is 13.2 Å². The van der Waals surface area contributed by atoms with Crippen LogP contribution >= 0.6 is 0 Å². The minimum atomic E-state index is -4.85. The molecule has 8 nitrogen and oxygen atoms in total. The summed E-state index contributed by atoms with van der Waals surface area (Å²) in [6, 6.07) is 12.3. The number of hydrogen-bond donors (Lipinski definition) is 2. The summed E-state index contributed by atoms with van der Waals surface area (Å²) in [6.07, 6.45) is -3.29. The molecule has 2 aromatic carbocycles. The Hall–Kier alpha value is -4.74. The number of primary amides is 1. The number of benzene rings is 2. The zero-order valence-corrected chi connectivity index (χ0v) is 21.9. The first-order chi connectivity index (χ1) is 19.4. The van der Waals surface area contributed by atoms with Crippen LogP contribution in [-0.2, 0) is 10.2 Å². The highest BCUT2D eigenvalue weighted by Crippen LogP contribution is 2.46. The number of halogens is 4. The van der Waals surface area contributed by atoms with Crippen molar-refractivity contribution in [1.82, 2.24) is 15.3 Å². The maximum atomic E-state index is 14.5. The van der Waals surface area contributed by atoms with Crippen molar-refractivity contribution in [2.75, 3.05) is 20.3 Å². The molecule has 1 unspecified atom stereocenters. The van der Waals surface area contributed by atoms with Crippen LogP contribution < -0.4 is 20.5 Å². The van der Waals surface area contributed by atoms with E-state index in [1.807, 2.05) is 0 Å². The molecule has 0 saturated carbocycles. The van der Waals surface area contributed by atoms with Gasteiger partial charge in [0.15, 0.2) is 0 Å². The van der Waals surface area contributed by atoms with Crippen molar-refractivity contribution < 1.29 is 36.6 Å². The van der Waals surface area contributed by atoms with E-state index in [9.17, 15) is 27.2 Å². The van der Waals surface area contributed by atoms with Gasteiger partial charge in [-0.25, -0.2) is 9.37 Å². The third kappa shape index (κ3) is 5.12. The first-order valence-electron chi connectivity index (χ1n) is 12.4. The summed E-state index contributed by atoms with van der Waals surface area (Å²) in [6.45, 7) is 0.396. The topological polar surface area (TPSA) is 116 Å². The van der Waals surface area contributed by atoms with Crippen molar-refractivity contribution >= 4 is 22.7 Å². The molecule has 0 spiro atoms. The molecule has 212 valence electrons. The smallest absolute Gasteiger partial charge is 0.398 e. The highest BCUT2D eigenvalue weighted by atomic mass is 19.4. The van der Waals surface area contributed by atoms with Crippen LogP contribution in [0.3, 0.4) is 0 Å². The molecule has 1 aliphatic heterocycles. The average Bonchev–Trinajstić information content (AvgIpc) is 3.29. The zero-order chi connectivity index (χ0) is 29.5. The molecule has 0 bridgehead atoms. The molecule has 3 N–H and O–H groups in total. The number of fused-ring (bicyclic) bond motifs is 2. The Morgan fingerprint density at radius 1 is 1.17 bits per heavy atom. The van der Waals surface area contributed by atoms with Gasteiger partial charge in [0.05, 0.1) is 12.8 Å². The Kier molecular flexibility index (Phi) is 7.02. The van der Waals surface area contributed by atoms with Gasteiger partial charge in [0.25, 0.3) is 5.91 Å². The van der Waals surface area contributed by atoms with Crippen molar-refractivity contribution in [3.63, 3.8) is 0 Å². The molecular formula is C29H24F4N4O4. The molecule has 1 aliphatic rings. The lowest BCUT2D eigenvalue weighted by atomic mass is 9.82. The largest absolute Gasteiger partial charge is 0.494 e. The number of nitrogens with one attached hydrogen (secondary N) is 1. The summed E-state index contributed by atoms with van der Waals surface area (Å²) in [7, 11) is 1.40. The lowest BCUT2D eigenvalue weighted by Crippen LogP contribution is -2.40. The second-order valence-electron chi connectivity index (χ2n) is 9.82. The van der Waals surface area contributed by atoms with Gasteiger partial charge in [-0.1, -0.05) is 6.07 Å². The molecule has 0 aliphatic carbocycles. The number of aromatic nitrogens is 2. The van der Waals surface area contributed by atoms with E-state index in [0.717, 1.165) is 18.2 Å². The Morgan fingerprint density at radius 2 is 1.90 bits per heavy atom. The zero-order valence-electron chi connectivity index (χ0n) is 21.9. The first kappa shape index (κ1) is 27.8. The Labute approximate surface area is 231 Å². The summed E-state index contributed by atoms with van der Waals surface area (Å²) < 4.78 is 68.1. The van der Waals surface area contributed by atoms with E-state index in [1.165, 1.54) is 38.3 Å². The number of carbonyl (C=O) groups excluding carboxylic acids is 2. The molecule has 12 heteroatoms. The second kappa shape index (κ2) is 10.3. The van der Waals surface area contributed by atoms with E-state index in [1.54, 1.807) is 18.3 Å². The number of rotatable bonds is 7. The summed E-state index contributed by atoms with van der Waals surface area (Å²) in [5, 5.41) is 2.92. The Morgan fingerprint density at radius 3 is 2.56 bits per heavy atom. The number of hydrogen-bond acceptors (Lipinski definition) is 6. The minimum Gasteiger partial charge on any atom is -0.494 e. The fourth-order valence-corrected chi connectivity index (χ4v) is 4.72. The molecule has 2 atom stereocenters. The van der Waals surface area contributed by atoms with Crippen molar-refractivity contribution in [3.05, 3.63) is 83.4 Å². The summed E-state index contributed by atoms with van der Waals surface area (Å²) in [4.78, 5) is 33.8. The number of pyridine rings is 2. The third-order valence-corrected chi connectivity index (χ3v) is 7.12. The molecule has 4 aromatic rings. The molecule has 0 fully saturated rings. The van der Waals surface area contributed by atoms with Gasteiger partial charge in [0.1, 0.15) is 46.5 Å². The predicted molar refractivity (Wildman–Crippen MR) is 141 cm³/mol. The van der Waals surface area contributed by atoms with Crippen LogP contribution in [0.1, 0.15) is 34.5 Å². The van der Waals surface area contributed by atoms with E-state index < -0.39 is 47.4 Å². The number of nitrogens with two attached hydrogens (primary N) is 1. The summed E-state index contributed by atoms with van der Waals surface area (Å²) in [5.74, 6) is -4.01. The highest BCUT2D eigenvalue weighted by molar-refractivity contribution is 6.00. The van der Waals surface area contributed by atoms with Crippen LogP contribution in [0.25, 0.3) is 22.2 Å². The van der Waals surface area contributed by atoms with E-state index in [2.05, 4.69) is 15.3 Å². The van der Waals surface area contributed by atoms with Crippen LogP contribution in [0, 0.1) is 5.82 Å². The maximum Gasteiger partial charge on any atom is 0.398 e. The van der Waals surface area contributed by atoms with Crippen molar-refractivity contribution in [1.29, 1.82) is 0 Å². The number of amides is 2. The fraction of sp³-hybridized carbons (Fsp3) is 0.241. The fourth-order valence-electron chi connectivity index (χ4n) is 4.72. The van der Waals surface area contributed by atoms with Crippen LogP contribution in [0.2, 0.25) is 0 Å². The molecule has 0 radical (unpaired) electrons. The Bertz CT molecular complexity index is 1660. The van der Waals surface area contributed by atoms with Crippen LogP contribution in [-0.4, -0.2) is 48.2 Å². The number of alkyl halides is 3. The van der Waals surface area contributed by atoms with E-state index in [0.29, 0.717) is 10.9 Å². The summed E-state index contributed by atoms with van der Waals surface area (Å²) >= 11 is 0. The number of carbonyl (C=O) groups is 2. The molecule has 2 amide bonds. The standard InChI is InChI=1S/C29H24F4N4O4/c1-28(27(34)39)14-41-25-19(28)12-21(37-24(25)15-5-7-18(30)8-6-15)20(29(31,32)33)13-36-26(38)17-10-16-4-3-9-35-23(16)22(11-17)40-2/h3-12,20H,13-14H2,1-2H3,(H2,34,39)(H,36,38)/t20?,28-/m0/s1. The van der Waals surface area contributed by atoms with E-state index in [-0.39, 0.29) is 40.5 Å².